The summed E-state index contributed by atoms with van der Waals surface area (Å²) >= 11 is 10.0. The fourth-order valence-corrected chi connectivity index (χ4v) is 4.29. The van der Waals surface area contributed by atoms with Gasteiger partial charge < -0.3 is 9.47 Å². The zero-order chi connectivity index (χ0) is 22.0. The molecule has 0 radical (unpaired) electrons. The summed E-state index contributed by atoms with van der Waals surface area (Å²) in [5.74, 6) is 1.17. The van der Waals surface area contributed by atoms with Gasteiger partial charge in [0, 0.05) is 16.1 Å². The van der Waals surface area contributed by atoms with Crippen molar-refractivity contribution in [1.29, 1.82) is 0 Å². The highest BCUT2D eigenvalue weighted by Crippen LogP contribution is 2.38. The lowest BCUT2D eigenvalue weighted by atomic mass is 10.1. The monoisotopic (exact) mass is 500 g/mol. The maximum atomic E-state index is 13.5. The summed E-state index contributed by atoms with van der Waals surface area (Å²) in [5.41, 5.74) is 4.33. The van der Waals surface area contributed by atoms with Crippen molar-refractivity contribution in [2.75, 3.05) is 14.2 Å². The lowest BCUT2D eigenvalue weighted by Crippen LogP contribution is -2.05. The van der Waals surface area contributed by atoms with Crippen molar-refractivity contribution in [3.63, 3.8) is 0 Å². The van der Waals surface area contributed by atoms with Crippen LogP contribution in [0.25, 0.3) is 22.5 Å². The van der Waals surface area contributed by atoms with Gasteiger partial charge in [-0.05, 0) is 82.2 Å². The first-order valence-corrected chi connectivity index (χ1v) is 10.7. The van der Waals surface area contributed by atoms with E-state index in [0.29, 0.717) is 11.6 Å². The van der Waals surface area contributed by atoms with Crippen LogP contribution in [0.5, 0.6) is 11.5 Å². The van der Waals surface area contributed by atoms with Gasteiger partial charge in [0.1, 0.15) is 23.0 Å². The van der Waals surface area contributed by atoms with E-state index in [-0.39, 0.29) is 5.82 Å². The van der Waals surface area contributed by atoms with Crippen molar-refractivity contribution in [3.8, 4) is 34.0 Å². The molecule has 0 atom stereocenters. The maximum absolute atomic E-state index is 13.5. The van der Waals surface area contributed by atoms with Gasteiger partial charge in [-0.15, -0.1) is 0 Å². The van der Waals surface area contributed by atoms with Crippen molar-refractivity contribution in [2.45, 2.75) is 6.54 Å². The molecule has 0 bridgehead atoms. The largest absolute Gasteiger partial charge is 0.497 e. The minimum absolute atomic E-state index is 0.360. The molecule has 7 heteroatoms. The van der Waals surface area contributed by atoms with E-state index in [4.69, 9.17) is 26.2 Å². The number of nitrogens with zero attached hydrogens (tertiary/aromatic N) is 2. The Kier molecular flexibility index (Phi) is 6.30. The summed E-state index contributed by atoms with van der Waals surface area (Å²) in [6, 6.07) is 19.8. The molecule has 3 aromatic carbocycles. The average molecular weight is 502 g/mol. The Balaban J connectivity index is 1.84. The normalized spacial score (nSPS) is 10.9. The lowest BCUT2D eigenvalue weighted by Gasteiger charge is -2.10. The minimum Gasteiger partial charge on any atom is -0.497 e. The van der Waals surface area contributed by atoms with Gasteiger partial charge in [0.05, 0.1) is 30.9 Å². The number of hydrogen-bond acceptors (Lipinski definition) is 3. The summed E-state index contributed by atoms with van der Waals surface area (Å²) in [4.78, 5) is 0. The molecule has 0 saturated heterocycles. The molecule has 0 aliphatic heterocycles. The van der Waals surface area contributed by atoms with Crippen LogP contribution in [0, 0.1) is 5.82 Å². The van der Waals surface area contributed by atoms with Crippen LogP contribution in [0.15, 0.2) is 71.2 Å². The summed E-state index contributed by atoms with van der Waals surface area (Å²) in [6.07, 6.45) is 0. The molecule has 0 aliphatic carbocycles. The number of halogens is 3. The number of rotatable bonds is 6. The summed E-state index contributed by atoms with van der Waals surface area (Å²) in [5, 5.41) is 5.22. The Labute approximate surface area is 193 Å². The van der Waals surface area contributed by atoms with Crippen LogP contribution >= 0.6 is 27.5 Å². The standard InChI is InChI=1S/C24H19BrClFN2O2/c1-30-19-9-4-15(5-10-19)23-22(25)24(16-6-11-20(31-2)12-7-16)29(28-23)14-17-3-8-18(27)13-21(17)26/h3-13H,14H2,1-2H3. The molecule has 4 nitrogen and oxygen atoms in total. The molecule has 0 aliphatic rings. The third kappa shape index (κ3) is 4.45. The van der Waals surface area contributed by atoms with Crippen molar-refractivity contribution in [3.05, 3.63) is 87.6 Å². The van der Waals surface area contributed by atoms with Gasteiger partial charge in [0.25, 0.3) is 0 Å². The second-order valence-corrected chi connectivity index (χ2v) is 8.06. The summed E-state index contributed by atoms with van der Waals surface area (Å²) in [6.45, 7) is 0.384. The first-order chi connectivity index (χ1) is 15.0. The van der Waals surface area contributed by atoms with Gasteiger partial charge >= 0.3 is 0 Å². The van der Waals surface area contributed by atoms with E-state index < -0.39 is 0 Å². The predicted octanol–water partition coefficient (Wildman–Crippen LogP) is 6.84. The highest BCUT2D eigenvalue weighted by molar-refractivity contribution is 9.10. The van der Waals surface area contributed by atoms with E-state index in [2.05, 4.69) is 15.9 Å². The van der Waals surface area contributed by atoms with Crippen molar-refractivity contribution >= 4 is 27.5 Å². The Hall–Kier alpha value is -2.83. The van der Waals surface area contributed by atoms with Gasteiger partial charge in [0.15, 0.2) is 0 Å². The molecular weight excluding hydrogens is 483 g/mol. The number of benzene rings is 3. The number of hydrogen-bond donors (Lipinski definition) is 0. The van der Waals surface area contributed by atoms with Crippen molar-refractivity contribution < 1.29 is 13.9 Å². The van der Waals surface area contributed by atoms with Crippen LogP contribution in [0.3, 0.4) is 0 Å². The van der Waals surface area contributed by atoms with E-state index in [1.165, 1.54) is 12.1 Å². The molecule has 31 heavy (non-hydrogen) atoms. The van der Waals surface area contributed by atoms with E-state index in [9.17, 15) is 4.39 Å². The SMILES string of the molecule is COc1ccc(-c2nn(Cc3ccc(F)cc3Cl)c(-c3ccc(OC)cc3)c2Br)cc1. The topological polar surface area (TPSA) is 36.3 Å². The Morgan fingerprint density at radius 2 is 1.48 bits per heavy atom. The van der Waals surface area contributed by atoms with E-state index in [0.717, 1.165) is 44.0 Å². The molecule has 0 amide bonds. The highest BCUT2D eigenvalue weighted by atomic mass is 79.9. The summed E-state index contributed by atoms with van der Waals surface area (Å²) in [7, 11) is 3.27. The minimum atomic E-state index is -0.371. The van der Waals surface area contributed by atoms with Gasteiger partial charge in [-0.2, -0.15) is 5.10 Å². The van der Waals surface area contributed by atoms with E-state index in [1.807, 2.05) is 53.2 Å². The quantitative estimate of drug-likeness (QED) is 0.290. The molecule has 1 aromatic heterocycles. The number of ether oxygens (including phenoxy) is 2. The number of methoxy groups -OCH3 is 2. The van der Waals surface area contributed by atoms with Gasteiger partial charge in [-0.25, -0.2) is 4.39 Å². The van der Waals surface area contributed by atoms with Crippen molar-refractivity contribution in [1.82, 2.24) is 9.78 Å². The van der Waals surface area contributed by atoms with Crippen LogP contribution in [0.2, 0.25) is 5.02 Å². The van der Waals surface area contributed by atoms with E-state index in [1.54, 1.807) is 20.3 Å². The van der Waals surface area contributed by atoms with E-state index >= 15 is 0 Å². The molecule has 0 unspecified atom stereocenters. The van der Waals surface area contributed by atoms with Crippen LogP contribution < -0.4 is 9.47 Å². The van der Waals surface area contributed by atoms with Crippen LogP contribution in [-0.2, 0) is 6.54 Å². The van der Waals surface area contributed by atoms with Gasteiger partial charge in [-0.1, -0.05) is 17.7 Å². The maximum Gasteiger partial charge on any atom is 0.124 e. The van der Waals surface area contributed by atoms with Crippen molar-refractivity contribution in [2.24, 2.45) is 0 Å². The molecular formula is C24H19BrClFN2O2. The smallest absolute Gasteiger partial charge is 0.124 e. The molecule has 0 N–H and O–H groups in total. The fourth-order valence-electron chi connectivity index (χ4n) is 3.32. The zero-order valence-electron chi connectivity index (χ0n) is 16.9. The van der Waals surface area contributed by atoms with Gasteiger partial charge in [-0.3, -0.25) is 4.68 Å². The van der Waals surface area contributed by atoms with Crippen LogP contribution in [0.4, 0.5) is 4.39 Å². The Bertz CT molecular complexity index is 1210. The van der Waals surface area contributed by atoms with Crippen LogP contribution in [-0.4, -0.2) is 24.0 Å². The molecule has 0 saturated carbocycles. The zero-order valence-corrected chi connectivity index (χ0v) is 19.2. The third-order valence-electron chi connectivity index (χ3n) is 4.96. The molecule has 4 rings (SSSR count). The molecule has 158 valence electrons. The molecule has 4 aromatic rings. The predicted molar refractivity (Wildman–Crippen MR) is 124 cm³/mol. The Morgan fingerprint density at radius 1 is 0.903 bits per heavy atom. The second-order valence-electron chi connectivity index (χ2n) is 6.86. The van der Waals surface area contributed by atoms with Gasteiger partial charge in [0.2, 0.25) is 0 Å². The summed E-state index contributed by atoms with van der Waals surface area (Å²) < 4.78 is 26.8. The first-order valence-electron chi connectivity index (χ1n) is 9.49. The fraction of sp³-hybridized carbons (Fsp3) is 0.125. The van der Waals surface area contributed by atoms with Crippen LogP contribution in [0.1, 0.15) is 5.56 Å². The first kappa shape index (κ1) is 21.4. The molecule has 0 fully saturated rings. The third-order valence-corrected chi connectivity index (χ3v) is 6.06. The average Bonchev–Trinajstić information content (AvgIpc) is 3.11. The Morgan fingerprint density at radius 3 is 2.03 bits per heavy atom. The molecule has 1 heterocycles. The highest BCUT2D eigenvalue weighted by Gasteiger charge is 2.20. The second kappa shape index (κ2) is 9.12. The number of aromatic nitrogens is 2. The lowest BCUT2D eigenvalue weighted by molar-refractivity contribution is 0.414. The molecule has 0 spiro atoms.